The van der Waals surface area contributed by atoms with Gasteiger partial charge in [-0.3, -0.25) is 14.6 Å². The normalized spacial score (nSPS) is 11.4. The van der Waals surface area contributed by atoms with Crippen LogP contribution in [0.4, 0.5) is 5.69 Å². The van der Waals surface area contributed by atoms with Crippen molar-refractivity contribution < 1.29 is 9.21 Å². The number of fused-ring (bicyclic) bond motifs is 2. The third kappa shape index (κ3) is 3.05. The van der Waals surface area contributed by atoms with Crippen LogP contribution in [-0.4, -0.2) is 15.9 Å². The Balaban J connectivity index is 1.56. The van der Waals surface area contributed by atoms with Crippen molar-refractivity contribution in [1.82, 2.24) is 9.97 Å². The molecule has 2 aromatic carbocycles. The summed E-state index contributed by atoms with van der Waals surface area (Å²) in [5.41, 5.74) is 2.21. The predicted molar refractivity (Wildman–Crippen MR) is 99.1 cm³/mol. The molecule has 1 amide bonds. The van der Waals surface area contributed by atoms with Crippen molar-refractivity contribution in [2.75, 3.05) is 5.32 Å². The van der Waals surface area contributed by atoms with Crippen LogP contribution in [0.2, 0.25) is 0 Å². The van der Waals surface area contributed by atoms with Crippen LogP contribution in [0.3, 0.4) is 0 Å². The molecule has 26 heavy (non-hydrogen) atoms. The Labute approximate surface area is 146 Å². The summed E-state index contributed by atoms with van der Waals surface area (Å²) in [4.78, 5) is 40.6. The van der Waals surface area contributed by atoms with Gasteiger partial charge in [0.05, 0.1) is 5.52 Å². The van der Waals surface area contributed by atoms with Crippen molar-refractivity contribution in [3.05, 3.63) is 81.1 Å². The minimum absolute atomic E-state index is 0.275. The van der Waals surface area contributed by atoms with E-state index in [2.05, 4.69) is 15.3 Å². The maximum absolute atomic E-state index is 12.1. The number of hydrogen-bond acceptors (Lipinski definition) is 4. The van der Waals surface area contributed by atoms with Gasteiger partial charge < -0.3 is 14.7 Å². The first kappa shape index (κ1) is 15.6. The summed E-state index contributed by atoms with van der Waals surface area (Å²) in [5.74, 6) is -0.964. The molecule has 128 valence electrons. The van der Waals surface area contributed by atoms with Crippen molar-refractivity contribution in [3.8, 4) is 0 Å². The molecule has 0 spiro atoms. The van der Waals surface area contributed by atoms with Gasteiger partial charge in [0, 0.05) is 28.9 Å². The maximum Gasteiger partial charge on any atom is 0.417 e. The fourth-order valence-corrected chi connectivity index (χ4v) is 2.66. The van der Waals surface area contributed by atoms with Crippen LogP contribution >= 0.6 is 0 Å². The Hall–Kier alpha value is -3.87. The quantitative estimate of drug-likeness (QED) is 0.495. The fraction of sp³-hybridized carbons (Fsp3) is 0. The van der Waals surface area contributed by atoms with Crippen molar-refractivity contribution >= 4 is 39.7 Å². The van der Waals surface area contributed by atoms with E-state index in [0.717, 1.165) is 10.9 Å². The predicted octanol–water partition coefficient (Wildman–Crippen LogP) is 2.61. The minimum atomic E-state index is -0.557. The van der Waals surface area contributed by atoms with Crippen LogP contribution in [0.15, 0.2) is 68.6 Å². The van der Waals surface area contributed by atoms with E-state index in [9.17, 15) is 14.4 Å². The van der Waals surface area contributed by atoms with Gasteiger partial charge in [0.15, 0.2) is 5.58 Å². The molecule has 0 aliphatic carbocycles. The van der Waals surface area contributed by atoms with E-state index < -0.39 is 11.7 Å². The van der Waals surface area contributed by atoms with E-state index in [1.165, 1.54) is 12.2 Å². The van der Waals surface area contributed by atoms with Crippen molar-refractivity contribution in [3.63, 3.8) is 0 Å². The SMILES string of the molecule is O=C(/C=C/c1cc2ccccc2[nH]c1=O)Nc1ccc2[nH]c(=O)oc2c1. The number of pyridine rings is 1. The van der Waals surface area contributed by atoms with Crippen molar-refractivity contribution in [2.24, 2.45) is 0 Å². The molecule has 3 N–H and O–H groups in total. The monoisotopic (exact) mass is 347 g/mol. The molecule has 0 aliphatic rings. The number of carbonyl (C=O) groups is 1. The zero-order valence-electron chi connectivity index (χ0n) is 13.4. The average Bonchev–Trinajstić information content (AvgIpc) is 2.99. The van der Waals surface area contributed by atoms with Crippen LogP contribution in [0.1, 0.15) is 5.56 Å². The van der Waals surface area contributed by atoms with E-state index in [4.69, 9.17) is 4.42 Å². The third-order valence-electron chi connectivity index (χ3n) is 3.88. The van der Waals surface area contributed by atoms with Gasteiger partial charge in [-0.2, -0.15) is 0 Å². The highest BCUT2D eigenvalue weighted by Gasteiger charge is 2.05. The molecular weight excluding hydrogens is 334 g/mol. The second kappa shape index (κ2) is 6.21. The van der Waals surface area contributed by atoms with Gasteiger partial charge in [0.1, 0.15) is 0 Å². The van der Waals surface area contributed by atoms with E-state index >= 15 is 0 Å². The van der Waals surface area contributed by atoms with Crippen LogP contribution in [-0.2, 0) is 4.79 Å². The topological polar surface area (TPSA) is 108 Å². The van der Waals surface area contributed by atoms with E-state index in [1.807, 2.05) is 24.3 Å². The number of carbonyl (C=O) groups excluding carboxylic acids is 1. The summed E-state index contributed by atoms with van der Waals surface area (Å²) in [7, 11) is 0. The highest BCUT2D eigenvalue weighted by Crippen LogP contribution is 2.16. The second-order valence-corrected chi connectivity index (χ2v) is 5.69. The van der Waals surface area contributed by atoms with Crippen LogP contribution in [0.25, 0.3) is 28.1 Å². The molecule has 0 saturated heterocycles. The fourth-order valence-electron chi connectivity index (χ4n) is 2.66. The molecule has 0 radical (unpaired) electrons. The summed E-state index contributed by atoms with van der Waals surface area (Å²) in [5, 5.41) is 3.53. The van der Waals surface area contributed by atoms with Gasteiger partial charge >= 0.3 is 5.76 Å². The zero-order chi connectivity index (χ0) is 18.1. The number of oxazole rings is 1. The van der Waals surface area contributed by atoms with Crippen molar-refractivity contribution in [2.45, 2.75) is 0 Å². The summed E-state index contributed by atoms with van der Waals surface area (Å²) in [6, 6.07) is 13.9. The lowest BCUT2D eigenvalue weighted by atomic mass is 10.1. The number of hydrogen-bond donors (Lipinski definition) is 3. The number of aromatic amines is 2. The summed E-state index contributed by atoms with van der Waals surface area (Å²) in [6.45, 7) is 0. The smallest absolute Gasteiger partial charge is 0.408 e. The van der Waals surface area contributed by atoms with Crippen LogP contribution in [0, 0.1) is 0 Å². The molecule has 0 aliphatic heterocycles. The van der Waals surface area contributed by atoms with Gasteiger partial charge in [-0.05, 0) is 35.7 Å². The number of rotatable bonds is 3. The number of para-hydroxylation sites is 1. The third-order valence-corrected chi connectivity index (χ3v) is 3.88. The van der Waals surface area contributed by atoms with Crippen LogP contribution in [0.5, 0.6) is 0 Å². The number of benzene rings is 2. The van der Waals surface area contributed by atoms with Gasteiger partial charge in [-0.1, -0.05) is 18.2 Å². The lowest BCUT2D eigenvalue weighted by molar-refractivity contribution is -0.111. The molecule has 7 heteroatoms. The molecule has 0 saturated carbocycles. The molecule has 0 atom stereocenters. The lowest BCUT2D eigenvalue weighted by Crippen LogP contribution is -2.11. The first-order valence-electron chi connectivity index (χ1n) is 7.82. The molecule has 0 fully saturated rings. The lowest BCUT2D eigenvalue weighted by Gasteiger charge is -2.02. The molecule has 0 bridgehead atoms. The highest BCUT2D eigenvalue weighted by molar-refractivity contribution is 6.02. The van der Waals surface area contributed by atoms with E-state index in [-0.39, 0.29) is 5.56 Å². The van der Waals surface area contributed by atoms with Gasteiger partial charge in [0.2, 0.25) is 5.91 Å². The Morgan fingerprint density at radius 1 is 1.00 bits per heavy atom. The van der Waals surface area contributed by atoms with Crippen LogP contribution < -0.4 is 16.6 Å². The Kier molecular flexibility index (Phi) is 3.74. The summed E-state index contributed by atoms with van der Waals surface area (Å²) < 4.78 is 4.95. The molecule has 4 aromatic rings. The molecule has 2 aromatic heterocycles. The first-order valence-corrected chi connectivity index (χ1v) is 7.82. The largest absolute Gasteiger partial charge is 0.417 e. The summed E-state index contributed by atoms with van der Waals surface area (Å²) in [6.07, 6.45) is 2.73. The summed E-state index contributed by atoms with van der Waals surface area (Å²) >= 11 is 0. The number of amides is 1. The number of nitrogens with one attached hydrogen (secondary N) is 3. The molecule has 4 rings (SSSR count). The molecule has 7 nitrogen and oxygen atoms in total. The first-order chi connectivity index (χ1) is 12.6. The Morgan fingerprint density at radius 3 is 2.73 bits per heavy atom. The van der Waals surface area contributed by atoms with Crippen molar-refractivity contribution in [1.29, 1.82) is 0 Å². The number of aromatic nitrogens is 2. The van der Waals surface area contributed by atoms with Gasteiger partial charge in [0.25, 0.3) is 5.56 Å². The highest BCUT2D eigenvalue weighted by atomic mass is 16.4. The van der Waals surface area contributed by atoms with E-state index in [0.29, 0.717) is 22.4 Å². The maximum atomic E-state index is 12.1. The Morgan fingerprint density at radius 2 is 1.85 bits per heavy atom. The second-order valence-electron chi connectivity index (χ2n) is 5.69. The standard InChI is InChI=1S/C19H13N3O4/c23-17(20-13-6-7-15-16(10-13)26-19(25)22-15)8-5-12-9-11-3-1-2-4-14(11)21-18(12)24/h1-10H,(H,20,23)(H,21,24)(H,22,25)/b8-5+. The zero-order valence-corrected chi connectivity index (χ0v) is 13.4. The number of H-pyrrole nitrogens is 2. The minimum Gasteiger partial charge on any atom is -0.408 e. The molecular formula is C19H13N3O4. The average molecular weight is 347 g/mol. The molecule has 2 heterocycles. The molecule has 0 unspecified atom stereocenters. The van der Waals surface area contributed by atoms with Gasteiger partial charge in [-0.15, -0.1) is 0 Å². The van der Waals surface area contributed by atoms with E-state index in [1.54, 1.807) is 24.3 Å². The number of anilines is 1. The Bertz CT molecular complexity index is 1280. The van der Waals surface area contributed by atoms with Gasteiger partial charge in [-0.25, -0.2) is 4.79 Å².